The molecule has 0 bridgehead atoms. The third kappa shape index (κ3) is 3.81. The van der Waals surface area contributed by atoms with Crippen LogP contribution in [0.15, 0.2) is 0 Å². The molecule has 0 unspecified atom stereocenters. The molecule has 0 atom stereocenters. The molecule has 0 saturated heterocycles. The molecule has 0 amide bonds. The fourth-order valence-electron chi connectivity index (χ4n) is 1.13. The highest BCUT2D eigenvalue weighted by Gasteiger charge is 2.46. The van der Waals surface area contributed by atoms with E-state index >= 15 is 0 Å². The van der Waals surface area contributed by atoms with Gasteiger partial charge in [-0.3, -0.25) is 0 Å². The minimum Gasteiger partial charge on any atom is -0.218 e. The van der Waals surface area contributed by atoms with Gasteiger partial charge in [0.1, 0.15) is 29.2 Å². The van der Waals surface area contributed by atoms with E-state index in [-0.39, 0.29) is 0 Å². The Morgan fingerprint density at radius 1 is 1.31 bits per heavy atom. The van der Waals surface area contributed by atoms with Crippen LogP contribution in [0.4, 0.5) is 0 Å². The first-order chi connectivity index (χ1) is 5.95. The summed E-state index contributed by atoms with van der Waals surface area (Å²) in [5, 5.41) is 8.38. The van der Waals surface area contributed by atoms with Gasteiger partial charge in [0.15, 0.2) is 0 Å². The molecular formula is C9H18ClNOP+. The van der Waals surface area contributed by atoms with E-state index in [0.29, 0.717) is 24.3 Å². The highest BCUT2D eigenvalue weighted by molar-refractivity contribution is 7.96. The predicted octanol–water partition coefficient (Wildman–Crippen LogP) is 3.82. The summed E-state index contributed by atoms with van der Waals surface area (Å²) in [5.41, 5.74) is 0.709. The Labute approximate surface area is 86.4 Å². The SMILES string of the molecule is CC(C)[P+](Cl)(OCCC#N)C(C)C. The van der Waals surface area contributed by atoms with Crippen molar-refractivity contribution in [2.24, 2.45) is 0 Å². The van der Waals surface area contributed by atoms with Crippen molar-refractivity contribution >= 4 is 18.1 Å². The molecule has 0 rings (SSSR count). The third-order valence-corrected chi connectivity index (χ3v) is 7.94. The zero-order chi connectivity index (χ0) is 10.5. The first kappa shape index (κ1) is 13.2. The molecule has 0 fully saturated rings. The van der Waals surface area contributed by atoms with Crippen LogP contribution in [-0.2, 0) is 4.52 Å². The lowest BCUT2D eigenvalue weighted by Crippen LogP contribution is -2.14. The number of hydrogen-bond acceptors (Lipinski definition) is 2. The molecule has 13 heavy (non-hydrogen) atoms. The van der Waals surface area contributed by atoms with E-state index < -0.39 is 6.84 Å². The summed E-state index contributed by atoms with van der Waals surface area (Å²) in [6.45, 7) is 6.95. The zero-order valence-electron chi connectivity index (χ0n) is 8.75. The van der Waals surface area contributed by atoms with Gasteiger partial charge in [-0.2, -0.15) is 5.26 Å². The quantitative estimate of drug-likeness (QED) is 0.523. The standard InChI is InChI=1S/C9H18ClNOP/c1-8(2)13(10,9(3)4)12-7-5-6-11/h8-9H,5,7H2,1-4H3/q+1. The van der Waals surface area contributed by atoms with Crippen LogP contribution in [0.5, 0.6) is 0 Å². The van der Waals surface area contributed by atoms with Crippen molar-refractivity contribution < 1.29 is 4.52 Å². The molecule has 0 N–H and O–H groups in total. The molecule has 76 valence electrons. The Balaban J connectivity index is 4.19. The van der Waals surface area contributed by atoms with Crippen LogP contribution < -0.4 is 0 Å². The number of hydrogen-bond donors (Lipinski definition) is 0. The summed E-state index contributed by atoms with van der Waals surface area (Å²) < 4.78 is 5.65. The van der Waals surface area contributed by atoms with Crippen LogP contribution in [0.1, 0.15) is 34.1 Å². The molecule has 0 aliphatic carbocycles. The average molecular weight is 223 g/mol. The monoisotopic (exact) mass is 222 g/mol. The summed E-state index contributed by atoms with van der Waals surface area (Å²) in [6, 6.07) is 2.05. The van der Waals surface area contributed by atoms with Gasteiger partial charge in [-0.05, 0) is 27.7 Å². The molecule has 4 heteroatoms. The molecule has 2 nitrogen and oxygen atoms in total. The number of nitriles is 1. The molecule has 0 aromatic heterocycles. The van der Waals surface area contributed by atoms with Crippen LogP contribution >= 0.6 is 18.1 Å². The van der Waals surface area contributed by atoms with Crippen molar-refractivity contribution in [2.45, 2.75) is 45.4 Å². The summed E-state index contributed by atoms with van der Waals surface area (Å²) in [6.07, 6.45) is 0.425. The lowest BCUT2D eigenvalue weighted by Gasteiger charge is -2.24. The van der Waals surface area contributed by atoms with Crippen molar-refractivity contribution in [1.82, 2.24) is 0 Å². The molecule has 0 aliphatic heterocycles. The topological polar surface area (TPSA) is 33.0 Å². The minimum atomic E-state index is -1.82. The highest BCUT2D eigenvalue weighted by atomic mass is 35.7. The third-order valence-electron chi connectivity index (χ3n) is 1.91. The zero-order valence-corrected chi connectivity index (χ0v) is 10.4. The molecule has 0 saturated carbocycles. The van der Waals surface area contributed by atoms with Gasteiger partial charge in [0.25, 0.3) is 0 Å². The summed E-state index contributed by atoms with van der Waals surface area (Å²) in [4.78, 5) is 0. The van der Waals surface area contributed by atoms with Gasteiger partial charge in [0.2, 0.25) is 6.84 Å². The van der Waals surface area contributed by atoms with E-state index in [1.165, 1.54) is 0 Å². The Bertz CT molecular complexity index is 181. The van der Waals surface area contributed by atoms with E-state index in [4.69, 9.17) is 21.0 Å². The maximum Gasteiger partial charge on any atom is 0.247 e. The second kappa shape index (κ2) is 5.81. The van der Waals surface area contributed by atoms with E-state index in [2.05, 4.69) is 33.8 Å². The predicted molar refractivity (Wildman–Crippen MR) is 59.2 cm³/mol. The van der Waals surface area contributed by atoms with Gasteiger partial charge in [-0.25, -0.2) is 4.52 Å². The fourth-order valence-corrected chi connectivity index (χ4v) is 3.49. The van der Waals surface area contributed by atoms with Crippen LogP contribution in [0.2, 0.25) is 0 Å². The van der Waals surface area contributed by atoms with Gasteiger partial charge in [0, 0.05) is 0 Å². The first-order valence-corrected chi connectivity index (χ1v) is 7.29. The van der Waals surface area contributed by atoms with Crippen molar-refractivity contribution in [3.05, 3.63) is 0 Å². The van der Waals surface area contributed by atoms with Crippen molar-refractivity contribution in [2.75, 3.05) is 6.61 Å². The number of nitrogens with zero attached hydrogens (tertiary/aromatic N) is 1. The first-order valence-electron chi connectivity index (χ1n) is 4.54. The molecule has 0 aromatic carbocycles. The molecular weight excluding hydrogens is 205 g/mol. The summed E-state index contributed by atoms with van der Waals surface area (Å²) in [5.74, 6) is 0. The summed E-state index contributed by atoms with van der Waals surface area (Å²) >= 11 is 6.42. The average Bonchev–Trinajstić information content (AvgIpc) is 2.03. The Hall–Kier alpha value is 0.170. The van der Waals surface area contributed by atoms with Crippen LogP contribution in [-0.4, -0.2) is 17.9 Å². The fraction of sp³-hybridized carbons (Fsp3) is 0.889. The lowest BCUT2D eigenvalue weighted by molar-refractivity contribution is 0.350. The normalized spacial score (nSPS) is 12.2. The smallest absolute Gasteiger partial charge is 0.218 e. The van der Waals surface area contributed by atoms with Crippen molar-refractivity contribution in [3.63, 3.8) is 0 Å². The van der Waals surface area contributed by atoms with Gasteiger partial charge >= 0.3 is 0 Å². The van der Waals surface area contributed by atoms with Crippen LogP contribution in [0.25, 0.3) is 0 Å². The second-order valence-electron chi connectivity index (χ2n) is 3.55. The Morgan fingerprint density at radius 2 is 1.77 bits per heavy atom. The van der Waals surface area contributed by atoms with Crippen molar-refractivity contribution in [3.8, 4) is 6.07 Å². The maximum atomic E-state index is 8.38. The number of rotatable bonds is 5. The van der Waals surface area contributed by atoms with E-state index in [1.54, 1.807) is 0 Å². The van der Waals surface area contributed by atoms with Gasteiger partial charge in [-0.1, -0.05) is 0 Å². The number of halogens is 1. The molecule has 0 radical (unpaired) electrons. The molecule has 0 heterocycles. The van der Waals surface area contributed by atoms with Gasteiger partial charge in [-0.15, -0.1) is 0 Å². The summed E-state index contributed by atoms with van der Waals surface area (Å²) in [7, 11) is 0. The van der Waals surface area contributed by atoms with E-state index in [0.717, 1.165) is 0 Å². The Morgan fingerprint density at radius 3 is 2.08 bits per heavy atom. The molecule has 0 aromatic rings. The van der Waals surface area contributed by atoms with Gasteiger partial charge in [0.05, 0.1) is 12.5 Å². The molecule has 0 spiro atoms. The lowest BCUT2D eigenvalue weighted by atomic mass is 10.5. The Kier molecular flexibility index (Phi) is 5.88. The highest BCUT2D eigenvalue weighted by Crippen LogP contribution is 2.72. The van der Waals surface area contributed by atoms with E-state index in [1.807, 2.05) is 0 Å². The van der Waals surface area contributed by atoms with Crippen LogP contribution in [0, 0.1) is 11.3 Å². The molecule has 0 aliphatic rings. The second-order valence-corrected chi connectivity index (χ2v) is 8.71. The van der Waals surface area contributed by atoms with E-state index in [9.17, 15) is 0 Å². The maximum absolute atomic E-state index is 8.38. The van der Waals surface area contributed by atoms with Gasteiger partial charge < -0.3 is 0 Å². The van der Waals surface area contributed by atoms with Crippen molar-refractivity contribution in [1.29, 1.82) is 5.26 Å². The van der Waals surface area contributed by atoms with Crippen LogP contribution in [0.3, 0.4) is 0 Å². The minimum absolute atomic E-state index is 0.354. The largest absolute Gasteiger partial charge is 0.247 e.